The number of ether oxygens (including phenoxy) is 2. The molecule has 0 radical (unpaired) electrons. The van der Waals surface area contributed by atoms with Crippen molar-refractivity contribution in [1.82, 2.24) is 5.06 Å². The lowest BCUT2D eigenvalue weighted by molar-refractivity contribution is -0.110. The zero-order valence-corrected chi connectivity index (χ0v) is 15.8. The Labute approximate surface area is 166 Å². The predicted octanol–water partition coefficient (Wildman–Crippen LogP) is 2.81. The summed E-state index contributed by atoms with van der Waals surface area (Å²) >= 11 is 0. The monoisotopic (exact) mass is 453 g/mol. The summed E-state index contributed by atoms with van der Waals surface area (Å²) in [4.78, 5) is 5.21. The summed E-state index contributed by atoms with van der Waals surface area (Å²) < 4.78 is 108. The van der Waals surface area contributed by atoms with Gasteiger partial charge in [0.2, 0.25) is 41.6 Å². The maximum atomic E-state index is 13.9. The van der Waals surface area contributed by atoms with E-state index in [2.05, 4.69) is 4.18 Å². The molecule has 13 heteroatoms. The largest absolute Gasteiger partial charge is 0.454 e. The summed E-state index contributed by atoms with van der Waals surface area (Å²) in [7, 11) is -3.52. The van der Waals surface area contributed by atoms with Crippen LogP contribution in [0.5, 0.6) is 17.2 Å². The Balaban J connectivity index is 1.70. The van der Waals surface area contributed by atoms with Crippen LogP contribution in [0.25, 0.3) is 0 Å². The molecular weight excluding hydrogens is 441 g/mol. The van der Waals surface area contributed by atoms with Crippen LogP contribution in [0.4, 0.5) is 22.0 Å². The van der Waals surface area contributed by atoms with Gasteiger partial charge < -0.3 is 13.7 Å². The van der Waals surface area contributed by atoms with E-state index in [-0.39, 0.29) is 6.79 Å². The van der Waals surface area contributed by atoms with Gasteiger partial charge in [-0.1, -0.05) is 6.07 Å². The fourth-order valence-electron chi connectivity index (χ4n) is 3.20. The van der Waals surface area contributed by atoms with Crippen molar-refractivity contribution in [2.45, 2.75) is 11.3 Å². The third-order valence-corrected chi connectivity index (χ3v) is 6.20. The van der Waals surface area contributed by atoms with Gasteiger partial charge in [0, 0.05) is 7.05 Å². The molecule has 0 spiro atoms. The molecule has 2 unspecified atom stereocenters. The molecule has 0 aliphatic carbocycles. The number of nitrogens with zero attached hydrogens (tertiary/aromatic N) is 1. The van der Waals surface area contributed by atoms with E-state index in [1.807, 2.05) is 0 Å². The van der Waals surface area contributed by atoms with Gasteiger partial charge in [-0.2, -0.15) is 22.3 Å². The minimum Gasteiger partial charge on any atom is -0.454 e. The molecule has 2 aromatic rings. The average Bonchev–Trinajstić information content (AvgIpc) is 3.34. The van der Waals surface area contributed by atoms with Crippen molar-refractivity contribution >= 4 is 10.1 Å². The smallest absolute Gasteiger partial charge is 0.316 e. The number of benzene rings is 2. The van der Waals surface area contributed by atoms with Crippen LogP contribution in [0.1, 0.15) is 11.6 Å². The normalized spacial score (nSPS) is 21.3. The topological polar surface area (TPSA) is 74.3 Å². The van der Waals surface area contributed by atoms with Crippen LogP contribution in [0.2, 0.25) is 0 Å². The molecule has 1 fully saturated rings. The van der Waals surface area contributed by atoms with Crippen LogP contribution < -0.4 is 13.7 Å². The molecule has 4 rings (SSSR count). The molecule has 1 saturated heterocycles. The van der Waals surface area contributed by atoms with Crippen LogP contribution in [-0.4, -0.2) is 39.2 Å². The first kappa shape index (κ1) is 20.6. The van der Waals surface area contributed by atoms with Crippen molar-refractivity contribution in [2.75, 3.05) is 20.4 Å². The first-order valence-corrected chi connectivity index (χ1v) is 9.79. The number of hydrogen-bond donors (Lipinski definition) is 0. The van der Waals surface area contributed by atoms with Gasteiger partial charge in [0.15, 0.2) is 11.5 Å². The van der Waals surface area contributed by atoms with Crippen molar-refractivity contribution in [3.05, 3.63) is 52.8 Å². The molecule has 0 bridgehead atoms. The Morgan fingerprint density at radius 2 is 1.57 bits per heavy atom. The van der Waals surface area contributed by atoms with E-state index >= 15 is 0 Å². The first-order valence-electron chi connectivity index (χ1n) is 8.32. The third kappa shape index (κ3) is 3.22. The fourth-order valence-corrected chi connectivity index (χ4v) is 4.57. The minimum absolute atomic E-state index is 0.0269. The second kappa shape index (κ2) is 7.25. The van der Waals surface area contributed by atoms with E-state index in [4.69, 9.17) is 14.3 Å². The average molecular weight is 453 g/mol. The maximum absolute atomic E-state index is 13.9. The van der Waals surface area contributed by atoms with Crippen LogP contribution in [-0.2, 0) is 15.0 Å². The van der Waals surface area contributed by atoms with E-state index in [1.54, 1.807) is 0 Å². The summed E-state index contributed by atoms with van der Waals surface area (Å²) in [5.41, 5.74) is 0.369. The zero-order chi connectivity index (χ0) is 21.8. The quantitative estimate of drug-likeness (QED) is 0.305. The molecule has 2 aliphatic rings. The standard InChI is InChI=1S/C17H12F5NO6S/c1-23-16(7-2-3-8-9(4-7)27-6-26-8)10(5-28-23)30(24,25)29-17-14(21)12(19)11(18)13(20)15(17)22/h2-4,10,16H,5-6H2,1H3. The van der Waals surface area contributed by atoms with Crippen LogP contribution in [0.3, 0.4) is 0 Å². The minimum atomic E-state index is -4.92. The Bertz CT molecular complexity index is 1100. The second-order valence-electron chi connectivity index (χ2n) is 6.41. The van der Waals surface area contributed by atoms with Gasteiger partial charge in [-0.3, -0.25) is 4.84 Å². The summed E-state index contributed by atoms with van der Waals surface area (Å²) in [6.07, 6.45) is 0. The van der Waals surface area contributed by atoms with Crippen molar-refractivity contribution in [1.29, 1.82) is 0 Å². The summed E-state index contributed by atoms with van der Waals surface area (Å²) in [5.74, 6) is -13.0. The van der Waals surface area contributed by atoms with E-state index in [0.717, 1.165) is 0 Å². The molecule has 2 aromatic carbocycles. The van der Waals surface area contributed by atoms with Crippen molar-refractivity contribution in [2.24, 2.45) is 0 Å². The molecule has 2 heterocycles. The van der Waals surface area contributed by atoms with Gasteiger partial charge in [0.05, 0.1) is 12.6 Å². The highest BCUT2D eigenvalue weighted by Gasteiger charge is 2.46. The molecule has 7 nitrogen and oxygen atoms in total. The summed E-state index contributed by atoms with van der Waals surface area (Å²) in [6, 6.07) is 3.49. The highest BCUT2D eigenvalue weighted by molar-refractivity contribution is 7.87. The second-order valence-corrected chi connectivity index (χ2v) is 8.17. The Morgan fingerprint density at radius 3 is 2.23 bits per heavy atom. The molecule has 30 heavy (non-hydrogen) atoms. The molecule has 0 aromatic heterocycles. The summed E-state index contributed by atoms with van der Waals surface area (Å²) in [5, 5.41) is -0.389. The fraction of sp³-hybridized carbons (Fsp3) is 0.294. The predicted molar refractivity (Wildman–Crippen MR) is 88.6 cm³/mol. The molecule has 2 aliphatic heterocycles. The lowest BCUT2D eigenvalue weighted by Gasteiger charge is -2.23. The van der Waals surface area contributed by atoms with Crippen LogP contribution >= 0.6 is 0 Å². The number of hydroxylamine groups is 2. The number of halogens is 5. The molecule has 0 saturated carbocycles. The maximum Gasteiger partial charge on any atom is 0.316 e. The van der Waals surface area contributed by atoms with Gasteiger partial charge in [0.25, 0.3) is 0 Å². The highest BCUT2D eigenvalue weighted by atomic mass is 32.2. The lowest BCUT2D eigenvalue weighted by Crippen LogP contribution is -2.34. The van der Waals surface area contributed by atoms with E-state index in [9.17, 15) is 30.4 Å². The van der Waals surface area contributed by atoms with Crippen LogP contribution in [0.15, 0.2) is 18.2 Å². The highest BCUT2D eigenvalue weighted by Crippen LogP contribution is 2.40. The number of hydrogen-bond acceptors (Lipinski definition) is 7. The molecule has 0 N–H and O–H groups in total. The van der Waals surface area contributed by atoms with E-state index < -0.39 is 62.9 Å². The first-order chi connectivity index (χ1) is 14.1. The van der Waals surface area contributed by atoms with Crippen LogP contribution in [0, 0.1) is 29.1 Å². The van der Waals surface area contributed by atoms with Gasteiger partial charge in [-0.25, -0.2) is 13.2 Å². The lowest BCUT2D eigenvalue weighted by atomic mass is 10.0. The zero-order valence-electron chi connectivity index (χ0n) is 15.0. The molecule has 162 valence electrons. The number of fused-ring (bicyclic) bond motifs is 1. The third-order valence-electron chi connectivity index (χ3n) is 4.66. The Morgan fingerprint density at radius 1 is 0.967 bits per heavy atom. The van der Waals surface area contributed by atoms with Gasteiger partial charge >= 0.3 is 10.1 Å². The molecular formula is C17H12F5NO6S. The van der Waals surface area contributed by atoms with E-state index in [1.165, 1.54) is 30.3 Å². The van der Waals surface area contributed by atoms with Crippen molar-refractivity contribution < 1.29 is 48.9 Å². The number of rotatable bonds is 4. The van der Waals surface area contributed by atoms with Gasteiger partial charge in [-0.15, -0.1) is 0 Å². The SMILES string of the molecule is CN1OCC(S(=O)(=O)Oc2c(F)c(F)c(F)c(F)c2F)C1c1ccc2c(c1)OCO2. The van der Waals surface area contributed by atoms with Gasteiger partial charge in [0.1, 0.15) is 5.25 Å². The van der Waals surface area contributed by atoms with E-state index in [0.29, 0.717) is 17.1 Å². The molecule has 2 atom stereocenters. The Hall–Kier alpha value is -2.64. The van der Waals surface area contributed by atoms with Crippen molar-refractivity contribution in [3.63, 3.8) is 0 Å². The molecule has 0 amide bonds. The summed E-state index contributed by atoms with van der Waals surface area (Å²) in [6.45, 7) is -0.520. The van der Waals surface area contributed by atoms with Gasteiger partial charge in [-0.05, 0) is 17.7 Å². The van der Waals surface area contributed by atoms with Crippen molar-refractivity contribution in [3.8, 4) is 17.2 Å². The Kier molecular flexibility index (Phi) is 4.98.